The summed E-state index contributed by atoms with van der Waals surface area (Å²) in [6, 6.07) is 10.0. The molecule has 0 aliphatic heterocycles. The van der Waals surface area contributed by atoms with Crippen molar-refractivity contribution >= 4 is 11.9 Å². The molecule has 120 valence electrons. The Morgan fingerprint density at radius 2 is 1.87 bits per heavy atom. The van der Waals surface area contributed by atoms with E-state index in [2.05, 4.69) is 5.32 Å². The number of nitrogens with one attached hydrogen (secondary N) is 1. The highest BCUT2D eigenvalue weighted by Gasteiger charge is 2.15. The molecule has 0 saturated heterocycles. The molecular formula is C17H15F2NO3. The van der Waals surface area contributed by atoms with Crippen LogP contribution >= 0.6 is 0 Å². The lowest BCUT2D eigenvalue weighted by Gasteiger charge is -2.09. The van der Waals surface area contributed by atoms with Gasteiger partial charge in [0.25, 0.3) is 5.91 Å². The normalized spacial score (nSPS) is 10.2. The van der Waals surface area contributed by atoms with Crippen LogP contribution in [0.25, 0.3) is 0 Å². The number of aryl methyl sites for hydroxylation is 1. The smallest absolute Gasteiger partial charge is 0.341 e. The Morgan fingerprint density at radius 1 is 1.13 bits per heavy atom. The summed E-state index contributed by atoms with van der Waals surface area (Å²) in [4.78, 5) is 23.3. The SMILES string of the molecule is Cc1ccccc1CNC(=O)COC(=O)c1ccc(F)cc1F. The zero-order valence-electron chi connectivity index (χ0n) is 12.4. The van der Waals surface area contributed by atoms with Crippen LogP contribution in [0.15, 0.2) is 42.5 Å². The number of benzene rings is 2. The van der Waals surface area contributed by atoms with Gasteiger partial charge in [-0.2, -0.15) is 0 Å². The number of hydrogen-bond acceptors (Lipinski definition) is 3. The number of esters is 1. The van der Waals surface area contributed by atoms with Crippen LogP contribution in [0.3, 0.4) is 0 Å². The third kappa shape index (κ3) is 4.60. The Kier molecular flexibility index (Phi) is 5.41. The van der Waals surface area contributed by atoms with Crippen LogP contribution in [-0.4, -0.2) is 18.5 Å². The first-order valence-corrected chi connectivity index (χ1v) is 6.91. The van der Waals surface area contributed by atoms with Crippen molar-refractivity contribution in [3.63, 3.8) is 0 Å². The Labute approximate surface area is 132 Å². The standard InChI is InChI=1S/C17H15F2NO3/c1-11-4-2-3-5-12(11)9-20-16(21)10-23-17(22)14-7-6-13(18)8-15(14)19/h2-8H,9-10H2,1H3,(H,20,21). The van der Waals surface area contributed by atoms with Crippen molar-refractivity contribution in [2.75, 3.05) is 6.61 Å². The lowest BCUT2D eigenvalue weighted by Crippen LogP contribution is -2.28. The summed E-state index contributed by atoms with van der Waals surface area (Å²) in [5.74, 6) is -3.36. The summed E-state index contributed by atoms with van der Waals surface area (Å²) in [5, 5.41) is 2.60. The summed E-state index contributed by atoms with van der Waals surface area (Å²) >= 11 is 0. The molecule has 0 aliphatic carbocycles. The highest BCUT2D eigenvalue weighted by molar-refractivity contribution is 5.91. The van der Waals surface area contributed by atoms with E-state index in [0.717, 1.165) is 23.3 Å². The molecule has 0 bridgehead atoms. The number of hydrogen-bond donors (Lipinski definition) is 1. The number of halogens is 2. The largest absolute Gasteiger partial charge is 0.452 e. The van der Waals surface area contributed by atoms with Gasteiger partial charge in [-0.1, -0.05) is 24.3 Å². The van der Waals surface area contributed by atoms with E-state index < -0.39 is 35.7 Å². The lowest BCUT2D eigenvalue weighted by molar-refractivity contribution is -0.124. The van der Waals surface area contributed by atoms with E-state index in [0.29, 0.717) is 12.6 Å². The van der Waals surface area contributed by atoms with Crippen LogP contribution in [0.1, 0.15) is 21.5 Å². The predicted molar refractivity (Wildman–Crippen MR) is 79.7 cm³/mol. The van der Waals surface area contributed by atoms with E-state index in [4.69, 9.17) is 4.74 Å². The van der Waals surface area contributed by atoms with Gasteiger partial charge in [-0.15, -0.1) is 0 Å². The lowest BCUT2D eigenvalue weighted by atomic mass is 10.1. The van der Waals surface area contributed by atoms with Crippen LogP contribution in [0.4, 0.5) is 8.78 Å². The molecule has 1 N–H and O–H groups in total. The highest BCUT2D eigenvalue weighted by atomic mass is 19.1. The third-order valence-electron chi connectivity index (χ3n) is 3.22. The van der Waals surface area contributed by atoms with Crippen LogP contribution < -0.4 is 5.32 Å². The quantitative estimate of drug-likeness (QED) is 0.862. The van der Waals surface area contributed by atoms with E-state index >= 15 is 0 Å². The fraction of sp³-hybridized carbons (Fsp3) is 0.176. The molecule has 0 fully saturated rings. The van der Waals surface area contributed by atoms with Gasteiger partial charge in [-0.3, -0.25) is 4.79 Å². The number of rotatable bonds is 5. The highest BCUT2D eigenvalue weighted by Crippen LogP contribution is 2.11. The van der Waals surface area contributed by atoms with Gasteiger partial charge in [0.1, 0.15) is 11.6 Å². The van der Waals surface area contributed by atoms with Gasteiger partial charge in [-0.25, -0.2) is 13.6 Å². The van der Waals surface area contributed by atoms with Crippen molar-refractivity contribution in [3.8, 4) is 0 Å². The van der Waals surface area contributed by atoms with E-state index in [1.807, 2.05) is 31.2 Å². The number of ether oxygens (including phenoxy) is 1. The number of amides is 1. The van der Waals surface area contributed by atoms with E-state index in [1.54, 1.807) is 0 Å². The minimum absolute atomic E-state index is 0.300. The average molecular weight is 319 g/mol. The molecular weight excluding hydrogens is 304 g/mol. The minimum Gasteiger partial charge on any atom is -0.452 e. The first-order valence-electron chi connectivity index (χ1n) is 6.91. The van der Waals surface area contributed by atoms with Gasteiger partial charge in [0.2, 0.25) is 0 Å². The van der Waals surface area contributed by atoms with Gasteiger partial charge < -0.3 is 10.1 Å². The molecule has 6 heteroatoms. The molecule has 2 aromatic carbocycles. The zero-order chi connectivity index (χ0) is 16.8. The van der Waals surface area contributed by atoms with Crippen LogP contribution in [0.5, 0.6) is 0 Å². The molecule has 2 aromatic rings. The molecule has 1 amide bonds. The van der Waals surface area contributed by atoms with Crippen molar-refractivity contribution in [1.82, 2.24) is 5.32 Å². The molecule has 0 aromatic heterocycles. The van der Waals surface area contributed by atoms with Gasteiger partial charge in [0.05, 0.1) is 5.56 Å². The maximum absolute atomic E-state index is 13.4. The first-order chi connectivity index (χ1) is 11.0. The fourth-order valence-corrected chi connectivity index (χ4v) is 1.92. The van der Waals surface area contributed by atoms with Crippen molar-refractivity contribution in [1.29, 1.82) is 0 Å². The van der Waals surface area contributed by atoms with Crippen molar-refractivity contribution in [2.45, 2.75) is 13.5 Å². The van der Waals surface area contributed by atoms with Crippen molar-refractivity contribution in [3.05, 3.63) is 70.8 Å². The Hall–Kier alpha value is -2.76. The topological polar surface area (TPSA) is 55.4 Å². The minimum atomic E-state index is -1.03. The summed E-state index contributed by atoms with van der Waals surface area (Å²) in [7, 11) is 0. The van der Waals surface area contributed by atoms with E-state index in [-0.39, 0.29) is 0 Å². The summed E-state index contributed by atoms with van der Waals surface area (Å²) in [6.45, 7) is 1.67. The molecule has 0 unspecified atom stereocenters. The maximum Gasteiger partial charge on any atom is 0.341 e. The van der Waals surface area contributed by atoms with Crippen molar-refractivity contribution in [2.24, 2.45) is 0 Å². The summed E-state index contributed by atoms with van der Waals surface area (Å²) < 4.78 is 30.9. The van der Waals surface area contributed by atoms with E-state index in [1.165, 1.54) is 0 Å². The molecule has 0 radical (unpaired) electrons. The maximum atomic E-state index is 13.4. The molecule has 0 spiro atoms. The molecule has 0 atom stereocenters. The van der Waals surface area contributed by atoms with Gasteiger partial charge in [-0.05, 0) is 30.2 Å². The third-order valence-corrected chi connectivity index (χ3v) is 3.22. The second kappa shape index (κ2) is 7.49. The van der Waals surface area contributed by atoms with Crippen LogP contribution in [-0.2, 0) is 16.1 Å². The number of carbonyl (C=O) groups is 2. The monoisotopic (exact) mass is 319 g/mol. The predicted octanol–water partition coefficient (Wildman–Crippen LogP) is 2.75. The Balaban J connectivity index is 1.84. The van der Waals surface area contributed by atoms with Crippen LogP contribution in [0, 0.1) is 18.6 Å². The fourth-order valence-electron chi connectivity index (χ4n) is 1.92. The summed E-state index contributed by atoms with van der Waals surface area (Å²) in [6.07, 6.45) is 0. The number of carbonyl (C=O) groups excluding carboxylic acids is 2. The molecule has 0 aliphatic rings. The second-order valence-electron chi connectivity index (χ2n) is 4.90. The molecule has 2 rings (SSSR count). The van der Waals surface area contributed by atoms with Crippen LogP contribution in [0.2, 0.25) is 0 Å². The zero-order valence-corrected chi connectivity index (χ0v) is 12.4. The molecule has 0 heterocycles. The van der Waals surface area contributed by atoms with Gasteiger partial charge in [0, 0.05) is 12.6 Å². The second-order valence-corrected chi connectivity index (χ2v) is 4.90. The Morgan fingerprint density at radius 3 is 2.57 bits per heavy atom. The van der Waals surface area contributed by atoms with Crippen molar-refractivity contribution < 1.29 is 23.1 Å². The average Bonchev–Trinajstić information content (AvgIpc) is 2.52. The van der Waals surface area contributed by atoms with Gasteiger partial charge >= 0.3 is 5.97 Å². The van der Waals surface area contributed by atoms with Gasteiger partial charge in [0.15, 0.2) is 6.61 Å². The van der Waals surface area contributed by atoms with E-state index in [9.17, 15) is 18.4 Å². The molecule has 4 nitrogen and oxygen atoms in total. The summed E-state index contributed by atoms with van der Waals surface area (Å²) in [5.41, 5.74) is 1.55. The molecule has 23 heavy (non-hydrogen) atoms. The Bertz CT molecular complexity index is 732. The molecule has 0 saturated carbocycles. The first kappa shape index (κ1) is 16.6.